The summed E-state index contributed by atoms with van der Waals surface area (Å²) in [5, 5.41) is 0. The Morgan fingerprint density at radius 3 is 2.77 bits per heavy atom. The van der Waals surface area contributed by atoms with Crippen LogP contribution in [0, 0.1) is 0 Å². The Balaban J connectivity index is 2.64. The Morgan fingerprint density at radius 2 is 2.31 bits per heavy atom. The van der Waals surface area contributed by atoms with Gasteiger partial charge in [-0.25, -0.2) is 4.98 Å². The quantitative estimate of drug-likeness (QED) is 0.745. The van der Waals surface area contributed by atoms with Gasteiger partial charge in [-0.3, -0.25) is 4.79 Å². The van der Waals surface area contributed by atoms with Crippen molar-refractivity contribution in [2.24, 2.45) is 11.5 Å². The zero-order valence-corrected chi connectivity index (χ0v) is 8.49. The molecule has 13 heavy (non-hydrogen) atoms. The molecule has 1 rings (SSSR count). The largest absolute Gasteiger partial charge is 0.368 e. The minimum atomic E-state index is -0.636. The summed E-state index contributed by atoms with van der Waals surface area (Å²) in [5.41, 5.74) is 11.4. The van der Waals surface area contributed by atoms with E-state index >= 15 is 0 Å². The molecule has 0 aliphatic rings. The zero-order valence-electron chi connectivity index (χ0n) is 6.90. The summed E-state index contributed by atoms with van der Waals surface area (Å²) in [5.74, 6) is -0.497. The van der Waals surface area contributed by atoms with Crippen LogP contribution in [0.3, 0.4) is 0 Å². The summed E-state index contributed by atoms with van der Waals surface area (Å²) >= 11 is 3.21. The van der Waals surface area contributed by atoms with Crippen molar-refractivity contribution in [2.45, 2.75) is 12.5 Å². The van der Waals surface area contributed by atoms with Crippen molar-refractivity contribution in [3.05, 3.63) is 28.5 Å². The van der Waals surface area contributed by atoms with Gasteiger partial charge >= 0.3 is 0 Å². The van der Waals surface area contributed by atoms with E-state index in [-0.39, 0.29) is 0 Å². The van der Waals surface area contributed by atoms with Crippen LogP contribution in [0.4, 0.5) is 0 Å². The van der Waals surface area contributed by atoms with Gasteiger partial charge in [0.05, 0.1) is 6.04 Å². The van der Waals surface area contributed by atoms with Crippen molar-refractivity contribution >= 4 is 21.8 Å². The number of hydrogen-bond acceptors (Lipinski definition) is 3. The second kappa shape index (κ2) is 4.34. The SMILES string of the molecule is NC(=O)[C@@H](N)Cc1ccc(Br)nc1. The Labute approximate surface area is 84.5 Å². The average molecular weight is 244 g/mol. The molecule has 0 aromatic carbocycles. The molecule has 0 spiro atoms. The van der Waals surface area contributed by atoms with E-state index in [1.165, 1.54) is 0 Å². The number of hydrogen-bond donors (Lipinski definition) is 2. The molecule has 70 valence electrons. The summed E-state index contributed by atoms with van der Waals surface area (Å²) in [4.78, 5) is 14.6. The summed E-state index contributed by atoms with van der Waals surface area (Å²) in [7, 11) is 0. The fourth-order valence-corrected chi connectivity index (χ4v) is 1.12. The number of carbonyl (C=O) groups is 1. The lowest BCUT2D eigenvalue weighted by Crippen LogP contribution is -2.38. The zero-order chi connectivity index (χ0) is 9.84. The van der Waals surface area contributed by atoms with Gasteiger partial charge in [0.25, 0.3) is 0 Å². The normalized spacial score (nSPS) is 12.5. The van der Waals surface area contributed by atoms with Crippen LogP contribution in [-0.4, -0.2) is 16.9 Å². The van der Waals surface area contributed by atoms with Crippen LogP contribution >= 0.6 is 15.9 Å². The molecule has 0 saturated carbocycles. The lowest BCUT2D eigenvalue weighted by atomic mass is 10.1. The van der Waals surface area contributed by atoms with E-state index in [1.54, 1.807) is 12.3 Å². The van der Waals surface area contributed by atoms with Gasteiger partial charge in [-0.15, -0.1) is 0 Å². The molecular weight excluding hydrogens is 234 g/mol. The first-order chi connectivity index (χ1) is 6.09. The van der Waals surface area contributed by atoms with Crippen molar-refractivity contribution in [1.82, 2.24) is 4.98 Å². The van der Waals surface area contributed by atoms with E-state index in [1.807, 2.05) is 6.07 Å². The first-order valence-corrected chi connectivity index (χ1v) is 4.54. The van der Waals surface area contributed by atoms with Crippen LogP contribution in [-0.2, 0) is 11.2 Å². The van der Waals surface area contributed by atoms with Gasteiger partial charge in [-0.1, -0.05) is 6.07 Å². The van der Waals surface area contributed by atoms with Crippen LogP contribution in [0.1, 0.15) is 5.56 Å². The third-order valence-electron chi connectivity index (χ3n) is 1.61. The maximum Gasteiger partial charge on any atom is 0.234 e. The summed E-state index contributed by atoms with van der Waals surface area (Å²) in [6.45, 7) is 0. The van der Waals surface area contributed by atoms with Crippen molar-refractivity contribution in [3.63, 3.8) is 0 Å². The van der Waals surface area contributed by atoms with Gasteiger partial charge in [0, 0.05) is 6.20 Å². The van der Waals surface area contributed by atoms with Crippen molar-refractivity contribution in [1.29, 1.82) is 0 Å². The lowest BCUT2D eigenvalue weighted by Gasteiger charge is -2.06. The van der Waals surface area contributed by atoms with E-state index in [2.05, 4.69) is 20.9 Å². The van der Waals surface area contributed by atoms with Crippen LogP contribution in [0.25, 0.3) is 0 Å². The molecule has 1 amide bonds. The number of nitrogens with zero attached hydrogens (tertiary/aromatic N) is 1. The van der Waals surface area contributed by atoms with Gasteiger partial charge < -0.3 is 11.5 Å². The molecule has 1 aromatic rings. The highest BCUT2D eigenvalue weighted by Crippen LogP contribution is 2.07. The molecular formula is C8H10BrN3O. The molecule has 0 unspecified atom stereocenters. The number of aromatic nitrogens is 1. The Morgan fingerprint density at radius 1 is 1.62 bits per heavy atom. The molecule has 1 atom stereocenters. The minimum Gasteiger partial charge on any atom is -0.368 e. The number of pyridine rings is 1. The molecule has 0 fully saturated rings. The highest BCUT2D eigenvalue weighted by molar-refractivity contribution is 9.10. The minimum absolute atomic E-state index is 0.426. The van der Waals surface area contributed by atoms with Crippen LogP contribution < -0.4 is 11.5 Å². The standard InChI is InChI=1S/C8H10BrN3O/c9-7-2-1-5(4-12-7)3-6(10)8(11)13/h1-2,4,6H,3,10H2,(H2,11,13)/t6-/m0/s1. The monoisotopic (exact) mass is 243 g/mol. The second-order valence-electron chi connectivity index (χ2n) is 2.70. The highest BCUT2D eigenvalue weighted by atomic mass is 79.9. The molecule has 0 saturated heterocycles. The predicted molar refractivity (Wildman–Crippen MR) is 52.8 cm³/mol. The van der Waals surface area contributed by atoms with Gasteiger partial charge in [0.1, 0.15) is 4.60 Å². The summed E-state index contributed by atoms with van der Waals surface area (Å²) in [6.07, 6.45) is 2.09. The van der Waals surface area contributed by atoms with E-state index in [0.717, 1.165) is 10.2 Å². The topological polar surface area (TPSA) is 82.0 Å². The maximum atomic E-state index is 10.6. The number of amides is 1. The predicted octanol–water partition coefficient (Wildman–Crippen LogP) is 0.199. The summed E-state index contributed by atoms with van der Waals surface area (Å²) < 4.78 is 0.754. The Hall–Kier alpha value is -0.940. The molecule has 0 radical (unpaired) electrons. The fraction of sp³-hybridized carbons (Fsp3) is 0.250. The second-order valence-corrected chi connectivity index (χ2v) is 3.51. The highest BCUT2D eigenvalue weighted by Gasteiger charge is 2.09. The molecule has 4 N–H and O–H groups in total. The Kier molecular flexibility index (Phi) is 3.39. The number of primary amides is 1. The first-order valence-electron chi connectivity index (χ1n) is 3.75. The van der Waals surface area contributed by atoms with Crippen LogP contribution in [0.15, 0.2) is 22.9 Å². The third kappa shape index (κ3) is 3.12. The van der Waals surface area contributed by atoms with Crippen molar-refractivity contribution in [3.8, 4) is 0 Å². The average Bonchev–Trinajstić information content (AvgIpc) is 2.08. The first kappa shape index (κ1) is 10.1. The van der Waals surface area contributed by atoms with Crippen LogP contribution in [0.2, 0.25) is 0 Å². The smallest absolute Gasteiger partial charge is 0.234 e. The van der Waals surface area contributed by atoms with Gasteiger partial charge in [0.2, 0.25) is 5.91 Å². The van der Waals surface area contributed by atoms with Gasteiger partial charge in [0.15, 0.2) is 0 Å². The Bertz CT molecular complexity index is 299. The van der Waals surface area contributed by atoms with E-state index in [9.17, 15) is 4.79 Å². The third-order valence-corrected chi connectivity index (χ3v) is 2.08. The number of rotatable bonds is 3. The molecule has 1 aromatic heterocycles. The van der Waals surface area contributed by atoms with Crippen molar-refractivity contribution in [2.75, 3.05) is 0 Å². The van der Waals surface area contributed by atoms with E-state index in [0.29, 0.717) is 6.42 Å². The molecule has 0 aliphatic heterocycles. The van der Waals surface area contributed by atoms with E-state index in [4.69, 9.17) is 11.5 Å². The molecule has 0 aliphatic carbocycles. The number of nitrogens with two attached hydrogens (primary N) is 2. The number of halogens is 1. The maximum absolute atomic E-state index is 10.6. The van der Waals surface area contributed by atoms with E-state index < -0.39 is 11.9 Å². The molecule has 4 nitrogen and oxygen atoms in total. The fourth-order valence-electron chi connectivity index (χ4n) is 0.882. The summed E-state index contributed by atoms with van der Waals surface area (Å²) in [6, 6.07) is 3.01. The van der Waals surface area contributed by atoms with Gasteiger partial charge in [-0.2, -0.15) is 0 Å². The van der Waals surface area contributed by atoms with Crippen molar-refractivity contribution < 1.29 is 4.79 Å². The number of carbonyl (C=O) groups excluding carboxylic acids is 1. The van der Waals surface area contributed by atoms with Gasteiger partial charge in [-0.05, 0) is 34.0 Å². The molecule has 0 bridgehead atoms. The van der Waals surface area contributed by atoms with Crippen LogP contribution in [0.5, 0.6) is 0 Å². The molecule has 1 heterocycles. The lowest BCUT2D eigenvalue weighted by molar-refractivity contribution is -0.119. The molecule has 5 heteroatoms.